The van der Waals surface area contributed by atoms with E-state index in [1.807, 2.05) is 37.3 Å². The van der Waals surface area contributed by atoms with Gasteiger partial charge in [0.2, 0.25) is 0 Å². The number of benzene rings is 2. The molecule has 0 aliphatic carbocycles. The first-order valence-electron chi connectivity index (χ1n) is 8.52. The summed E-state index contributed by atoms with van der Waals surface area (Å²) in [6.07, 6.45) is 0. The van der Waals surface area contributed by atoms with Crippen LogP contribution in [0.2, 0.25) is 5.02 Å². The molecule has 0 spiro atoms. The van der Waals surface area contributed by atoms with Crippen molar-refractivity contribution in [1.29, 1.82) is 0 Å². The highest BCUT2D eigenvalue weighted by molar-refractivity contribution is 9.10. The topological polar surface area (TPSA) is 30.5 Å². The standard InChI is InChI=1S/C20H25BrClNO2.ClH/c1-4-24-19-10-16(12-23-11-14(2)3)9-18(21)20(19)25-13-15-5-7-17(22)8-6-15;/h5-10,14,23H,4,11-13H2,1-3H3;1H. The summed E-state index contributed by atoms with van der Waals surface area (Å²) in [6.45, 7) is 9.20. The van der Waals surface area contributed by atoms with Gasteiger partial charge in [-0.3, -0.25) is 0 Å². The van der Waals surface area contributed by atoms with Gasteiger partial charge in [0.05, 0.1) is 11.1 Å². The molecule has 0 amide bonds. The van der Waals surface area contributed by atoms with Crippen LogP contribution in [-0.4, -0.2) is 13.2 Å². The van der Waals surface area contributed by atoms with Crippen molar-refractivity contribution in [3.63, 3.8) is 0 Å². The number of hydrogen-bond acceptors (Lipinski definition) is 3. The highest BCUT2D eigenvalue weighted by Gasteiger charge is 2.13. The number of halogens is 3. The van der Waals surface area contributed by atoms with E-state index in [4.69, 9.17) is 21.1 Å². The molecule has 0 aliphatic heterocycles. The Morgan fingerprint density at radius 3 is 2.38 bits per heavy atom. The molecule has 0 aliphatic rings. The molecule has 26 heavy (non-hydrogen) atoms. The minimum Gasteiger partial charge on any atom is -0.490 e. The van der Waals surface area contributed by atoms with E-state index in [1.54, 1.807) is 0 Å². The van der Waals surface area contributed by atoms with Crippen LogP contribution < -0.4 is 14.8 Å². The zero-order chi connectivity index (χ0) is 18.2. The fraction of sp³-hybridized carbons (Fsp3) is 0.400. The fourth-order valence-corrected chi connectivity index (χ4v) is 3.10. The maximum Gasteiger partial charge on any atom is 0.175 e. The summed E-state index contributed by atoms with van der Waals surface area (Å²) in [4.78, 5) is 0. The van der Waals surface area contributed by atoms with Gasteiger partial charge in [0.25, 0.3) is 0 Å². The van der Waals surface area contributed by atoms with Crippen LogP contribution in [0.3, 0.4) is 0 Å². The van der Waals surface area contributed by atoms with Gasteiger partial charge in [-0.1, -0.05) is 37.6 Å². The predicted molar refractivity (Wildman–Crippen MR) is 115 cm³/mol. The van der Waals surface area contributed by atoms with Crippen LogP contribution >= 0.6 is 39.9 Å². The van der Waals surface area contributed by atoms with Crippen molar-refractivity contribution in [3.8, 4) is 11.5 Å². The Hall–Kier alpha value is -0.940. The third-order valence-electron chi connectivity index (χ3n) is 3.55. The molecule has 1 N–H and O–H groups in total. The summed E-state index contributed by atoms with van der Waals surface area (Å²) < 4.78 is 12.7. The van der Waals surface area contributed by atoms with Gasteiger partial charge in [0, 0.05) is 11.6 Å². The lowest BCUT2D eigenvalue weighted by molar-refractivity contribution is 0.267. The summed E-state index contributed by atoms with van der Waals surface area (Å²) in [6, 6.07) is 11.8. The first-order chi connectivity index (χ1) is 12.0. The lowest BCUT2D eigenvalue weighted by Gasteiger charge is -2.16. The highest BCUT2D eigenvalue weighted by Crippen LogP contribution is 2.37. The molecule has 0 fully saturated rings. The molecule has 3 nitrogen and oxygen atoms in total. The van der Waals surface area contributed by atoms with Gasteiger partial charge in [0.15, 0.2) is 11.5 Å². The molecule has 0 unspecified atom stereocenters. The van der Waals surface area contributed by atoms with Crippen LogP contribution in [0.25, 0.3) is 0 Å². The largest absolute Gasteiger partial charge is 0.490 e. The van der Waals surface area contributed by atoms with Crippen LogP contribution in [0.1, 0.15) is 31.9 Å². The fourth-order valence-electron chi connectivity index (χ4n) is 2.37. The molecule has 0 saturated heterocycles. The Balaban J connectivity index is 0.00000338. The van der Waals surface area contributed by atoms with Gasteiger partial charge >= 0.3 is 0 Å². The molecule has 2 aromatic rings. The van der Waals surface area contributed by atoms with E-state index in [-0.39, 0.29) is 12.4 Å². The normalized spacial score (nSPS) is 10.5. The summed E-state index contributed by atoms with van der Waals surface area (Å²) in [5, 5.41) is 4.17. The van der Waals surface area contributed by atoms with Crippen molar-refractivity contribution in [2.45, 2.75) is 33.9 Å². The maximum atomic E-state index is 6.01. The van der Waals surface area contributed by atoms with Gasteiger partial charge in [-0.15, -0.1) is 12.4 Å². The van der Waals surface area contributed by atoms with Crippen molar-refractivity contribution in [3.05, 3.63) is 57.0 Å². The van der Waals surface area contributed by atoms with Crippen molar-refractivity contribution in [2.24, 2.45) is 5.92 Å². The Kier molecular flexibility index (Phi) is 10.4. The molecule has 0 heterocycles. The van der Waals surface area contributed by atoms with E-state index in [0.29, 0.717) is 19.1 Å². The number of hydrogen-bond donors (Lipinski definition) is 1. The molecule has 0 radical (unpaired) electrons. The zero-order valence-electron chi connectivity index (χ0n) is 15.4. The van der Waals surface area contributed by atoms with E-state index in [2.05, 4.69) is 41.2 Å². The second-order valence-corrected chi connectivity index (χ2v) is 7.57. The highest BCUT2D eigenvalue weighted by atomic mass is 79.9. The van der Waals surface area contributed by atoms with Crippen LogP contribution in [0.4, 0.5) is 0 Å². The summed E-state index contributed by atoms with van der Waals surface area (Å²) >= 11 is 9.54. The molecule has 6 heteroatoms. The summed E-state index contributed by atoms with van der Waals surface area (Å²) in [5.41, 5.74) is 2.22. The Bertz CT molecular complexity index is 678. The second kappa shape index (κ2) is 11.7. The van der Waals surface area contributed by atoms with E-state index in [1.165, 1.54) is 0 Å². The molecule has 0 bridgehead atoms. The summed E-state index contributed by atoms with van der Waals surface area (Å²) in [7, 11) is 0. The van der Waals surface area contributed by atoms with Crippen LogP contribution in [-0.2, 0) is 13.2 Å². The van der Waals surface area contributed by atoms with Crippen LogP contribution in [0, 0.1) is 5.92 Å². The van der Waals surface area contributed by atoms with Gasteiger partial charge < -0.3 is 14.8 Å². The first-order valence-corrected chi connectivity index (χ1v) is 9.69. The zero-order valence-corrected chi connectivity index (χ0v) is 18.5. The minimum atomic E-state index is 0. The quantitative estimate of drug-likeness (QED) is 0.477. The lowest BCUT2D eigenvalue weighted by atomic mass is 10.1. The van der Waals surface area contributed by atoms with Gasteiger partial charge in [-0.05, 0) is 70.7 Å². The first kappa shape index (κ1) is 23.1. The average Bonchev–Trinajstić information content (AvgIpc) is 2.55. The smallest absolute Gasteiger partial charge is 0.175 e. The molecule has 144 valence electrons. The van der Waals surface area contributed by atoms with E-state index in [0.717, 1.165) is 45.2 Å². The van der Waals surface area contributed by atoms with Crippen molar-refractivity contribution in [1.82, 2.24) is 5.32 Å². The molecule has 2 rings (SSSR count). The molecular formula is C20H26BrCl2NO2. The summed E-state index contributed by atoms with van der Waals surface area (Å²) in [5.74, 6) is 2.10. The van der Waals surface area contributed by atoms with E-state index >= 15 is 0 Å². The SMILES string of the molecule is CCOc1cc(CNCC(C)C)cc(Br)c1OCc1ccc(Cl)cc1.Cl. The minimum absolute atomic E-state index is 0. The van der Waals surface area contributed by atoms with Crippen molar-refractivity contribution < 1.29 is 9.47 Å². The average molecular weight is 463 g/mol. The Morgan fingerprint density at radius 1 is 1.08 bits per heavy atom. The molecular weight excluding hydrogens is 437 g/mol. The Labute approximate surface area is 176 Å². The molecule has 0 aromatic heterocycles. The van der Waals surface area contributed by atoms with Crippen LogP contribution in [0.15, 0.2) is 40.9 Å². The second-order valence-electron chi connectivity index (χ2n) is 6.28. The Morgan fingerprint density at radius 2 is 1.77 bits per heavy atom. The van der Waals surface area contributed by atoms with E-state index in [9.17, 15) is 0 Å². The number of ether oxygens (including phenoxy) is 2. The molecule has 2 aromatic carbocycles. The van der Waals surface area contributed by atoms with Crippen molar-refractivity contribution in [2.75, 3.05) is 13.2 Å². The number of rotatable bonds is 9. The molecule has 0 atom stereocenters. The van der Waals surface area contributed by atoms with Gasteiger partial charge in [0.1, 0.15) is 6.61 Å². The van der Waals surface area contributed by atoms with Gasteiger partial charge in [-0.2, -0.15) is 0 Å². The van der Waals surface area contributed by atoms with Crippen molar-refractivity contribution >= 4 is 39.9 Å². The van der Waals surface area contributed by atoms with Gasteiger partial charge in [-0.25, -0.2) is 0 Å². The monoisotopic (exact) mass is 461 g/mol. The molecule has 0 saturated carbocycles. The lowest BCUT2D eigenvalue weighted by Crippen LogP contribution is -2.19. The third-order valence-corrected chi connectivity index (χ3v) is 4.39. The third kappa shape index (κ3) is 7.36. The maximum absolute atomic E-state index is 6.01. The predicted octanol–water partition coefficient (Wildman–Crippen LogP) is 6.25. The van der Waals surface area contributed by atoms with Crippen LogP contribution in [0.5, 0.6) is 11.5 Å². The van der Waals surface area contributed by atoms with E-state index < -0.39 is 0 Å². The number of nitrogens with one attached hydrogen (secondary N) is 1.